The zero-order valence-corrected chi connectivity index (χ0v) is 16.6. The number of sulfonamides is 1. The second-order valence-electron chi connectivity index (χ2n) is 5.31. The van der Waals surface area contributed by atoms with Gasteiger partial charge in [-0.15, -0.1) is 0 Å². The zero-order chi connectivity index (χ0) is 17.9. The van der Waals surface area contributed by atoms with E-state index in [0.717, 1.165) is 21.8 Å². The van der Waals surface area contributed by atoms with Crippen LogP contribution in [0.3, 0.4) is 0 Å². The van der Waals surface area contributed by atoms with Crippen molar-refractivity contribution < 1.29 is 13.2 Å². The number of aryl methyl sites for hydroxylation is 1. The molecule has 0 saturated carbocycles. The number of rotatable bonds is 4. The summed E-state index contributed by atoms with van der Waals surface area (Å²) in [6.45, 7) is 1.83. The fraction of sp³-hybridized carbons (Fsp3) is 0.188. The van der Waals surface area contributed by atoms with E-state index in [2.05, 4.69) is 20.7 Å². The summed E-state index contributed by atoms with van der Waals surface area (Å²) >= 11 is 4.39. The Balaban J connectivity index is 2.23. The first-order chi connectivity index (χ1) is 11.2. The third-order valence-corrected chi connectivity index (χ3v) is 6.39. The van der Waals surface area contributed by atoms with E-state index in [-0.39, 0.29) is 10.1 Å². The fourth-order valence-electron chi connectivity index (χ4n) is 1.81. The van der Waals surface area contributed by atoms with Crippen LogP contribution in [0.1, 0.15) is 5.56 Å². The lowest BCUT2D eigenvalue weighted by molar-refractivity contribution is 0.241. The van der Waals surface area contributed by atoms with Gasteiger partial charge in [-0.05, 0) is 60.6 Å². The Morgan fingerprint density at radius 3 is 2.50 bits per heavy atom. The molecular weight excluding hydrogens is 412 g/mol. The fourth-order valence-corrected chi connectivity index (χ4v) is 3.91. The van der Waals surface area contributed by atoms with Gasteiger partial charge >= 0.3 is 0 Å². The van der Waals surface area contributed by atoms with Gasteiger partial charge in [0.15, 0.2) is 0 Å². The predicted octanol–water partition coefficient (Wildman–Crippen LogP) is 4.33. The average molecular weight is 429 g/mol. The van der Waals surface area contributed by atoms with Gasteiger partial charge in [0.05, 0.1) is 4.90 Å². The van der Waals surface area contributed by atoms with Crippen LogP contribution in [0.15, 0.2) is 56.7 Å². The van der Waals surface area contributed by atoms with Gasteiger partial charge in [0, 0.05) is 29.2 Å². The number of amides is 1. The highest BCUT2D eigenvalue weighted by Gasteiger charge is 2.16. The van der Waals surface area contributed by atoms with Crippen molar-refractivity contribution >= 4 is 48.6 Å². The second kappa shape index (κ2) is 7.58. The van der Waals surface area contributed by atoms with Crippen molar-refractivity contribution in [2.24, 2.45) is 0 Å². The van der Waals surface area contributed by atoms with Gasteiger partial charge in [-0.1, -0.05) is 22.0 Å². The van der Waals surface area contributed by atoms with Crippen molar-refractivity contribution in [2.45, 2.75) is 16.7 Å². The maximum absolute atomic E-state index is 12.5. The number of anilines is 1. The van der Waals surface area contributed by atoms with Crippen LogP contribution in [0.5, 0.6) is 0 Å². The summed E-state index contributed by atoms with van der Waals surface area (Å²) < 4.78 is 28.4. The molecule has 0 aliphatic carbocycles. The number of benzene rings is 2. The molecule has 0 saturated heterocycles. The first kappa shape index (κ1) is 18.8. The van der Waals surface area contributed by atoms with E-state index < -0.39 is 10.0 Å². The number of carbonyl (C=O) groups is 1. The first-order valence-corrected chi connectivity index (χ1v) is 10.1. The Morgan fingerprint density at radius 2 is 1.88 bits per heavy atom. The summed E-state index contributed by atoms with van der Waals surface area (Å²) in [5.41, 5.74) is 1.24. The number of hydrogen-bond acceptors (Lipinski definition) is 4. The van der Waals surface area contributed by atoms with E-state index >= 15 is 0 Å². The standard InChI is InChI=1S/C16H17BrN2O3S2/c1-11-9-14(7-8-15(11)17)24(21,22)18-12-5-4-6-13(10-12)23-16(20)19(2)3/h4-10,18H,1-3H3. The predicted molar refractivity (Wildman–Crippen MR) is 101 cm³/mol. The maximum atomic E-state index is 12.5. The van der Waals surface area contributed by atoms with E-state index in [1.165, 1.54) is 11.0 Å². The van der Waals surface area contributed by atoms with Crippen LogP contribution in [0, 0.1) is 6.92 Å². The minimum absolute atomic E-state index is 0.126. The van der Waals surface area contributed by atoms with Crippen molar-refractivity contribution in [2.75, 3.05) is 18.8 Å². The smallest absolute Gasteiger partial charge is 0.285 e. The lowest BCUT2D eigenvalue weighted by Gasteiger charge is -2.12. The molecule has 0 aliphatic heterocycles. The molecule has 2 aromatic carbocycles. The third kappa shape index (κ3) is 4.75. The Bertz CT molecular complexity index is 867. The molecule has 2 aromatic rings. The van der Waals surface area contributed by atoms with Crippen LogP contribution in [0.25, 0.3) is 0 Å². The van der Waals surface area contributed by atoms with Gasteiger partial charge in [0.25, 0.3) is 15.3 Å². The molecular formula is C16H17BrN2O3S2. The molecule has 0 aliphatic rings. The quantitative estimate of drug-likeness (QED) is 0.735. The van der Waals surface area contributed by atoms with E-state index in [1.807, 2.05) is 6.92 Å². The summed E-state index contributed by atoms with van der Waals surface area (Å²) in [4.78, 5) is 14.1. The highest BCUT2D eigenvalue weighted by molar-refractivity contribution is 9.10. The van der Waals surface area contributed by atoms with Crippen LogP contribution in [-0.4, -0.2) is 32.7 Å². The van der Waals surface area contributed by atoms with Crippen LogP contribution < -0.4 is 4.72 Å². The van der Waals surface area contributed by atoms with E-state index in [4.69, 9.17) is 0 Å². The van der Waals surface area contributed by atoms with Gasteiger partial charge < -0.3 is 4.90 Å². The van der Waals surface area contributed by atoms with E-state index in [1.54, 1.807) is 50.5 Å². The summed E-state index contributed by atoms with van der Waals surface area (Å²) in [6, 6.07) is 11.6. The van der Waals surface area contributed by atoms with Gasteiger partial charge in [0.2, 0.25) is 0 Å². The normalized spacial score (nSPS) is 11.2. The van der Waals surface area contributed by atoms with Gasteiger partial charge in [-0.3, -0.25) is 9.52 Å². The first-order valence-electron chi connectivity index (χ1n) is 6.97. The highest BCUT2D eigenvalue weighted by atomic mass is 79.9. The number of nitrogens with one attached hydrogen (secondary N) is 1. The molecule has 2 rings (SSSR count). The van der Waals surface area contributed by atoms with Crippen molar-refractivity contribution in [1.82, 2.24) is 4.90 Å². The Labute approximate surface area is 154 Å². The monoisotopic (exact) mass is 428 g/mol. The minimum atomic E-state index is -3.69. The van der Waals surface area contributed by atoms with Crippen LogP contribution in [-0.2, 0) is 10.0 Å². The minimum Gasteiger partial charge on any atom is -0.339 e. The Kier molecular flexibility index (Phi) is 5.95. The molecule has 8 heteroatoms. The van der Waals surface area contributed by atoms with Crippen LogP contribution in [0.2, 0.25) is 0 Å². The zero-order valence-electron chi connectivity index (χ0n) is 13.4. The van der Waals surface area contributed by atoms with Gasteiger partial charge in [-0.2, -0.15) is 0 Å². The average Bonchev–Trinajstić information content (AvgIpc) is 2.49. The van der Waals surface area contributed by atoms with E-state index in [9.17, 15) is 13.2 Å². The van der Waals surface area contributed by atoms with Crippen LogP contribution in [0.4, 0.5) is 10.5 Å². The molecule has 0 aromatic heterocycles. The van der Waals surface area contributed by atoms with Gasteiger partial charge in [-0.25, -0.2) is 8.42 Å². The van der Waals surface area contributed by atoms with Gasteiger partial charge in [0.1, 0.15) is 0 Å². The Hall–Kier alpha value is -1.51. The summed E-state index contributed by atoms with van der Waals surface area (Å²) in [5.74, 6) is 0. The molecule has 0 atom stereocenters. The lowest BCUT2D eigenvalue weighted by atomic mass is 10.2. The summed E-state index contributed by atoms with van der Waals surface area (Å²) in [6.07, 6.45) is 0. The number of thioether (sulfide) groups is 1. The second-order valence-corrected chi connectivity index (χ2v) is 8.87. The number of carbonyl (C=O) groups excluding carboxylic acids is 1. The number of nitrogens with zero attached hydrogens (tertiary/aromatic N) is 1. The van der Waals surface area contributed by atoms with Crippen molar-refractivity contribution in [3.05, 3.63) is 52.5 Å². The number of hydrogen-bond donors (Lipinski definition) is 1. The topological polar surface area (TPSA) is 66.5 Å². The molecule has 0 heterocycles. The Morgan fingerprint density at radius 1 is 1.17 bits per heavy atom. The summed E-state index contributed by atoms with van der Waals surface area (Å²) in [7, 11) is -0.361. The van der Waals surface area contributed by atoms with Crippen molar-refractivity contribution in [3.8, 4) is 0 Å². The summed E-state index contributed by atoms with van der Waals surface area (Å²) in [5, 5.41) is -0.126. The third-order valence-electron chi connectivity index (χ3n) is 3.10. The van der Waals surface area contributed by atoms with Crippen molar-refractivity contribution in [1.29, 1.82) is 0 Å². The molecule has 128 valence electrons. The highest BCUT2D eigenvalue weighted by Crippen LogP contribution is 2.26. The molecule has 0 fully saturated rings. The molecule has 5 nitrogen and oxygen atoms in total. The molecule has 1 amide bonds. The van der Waals surface area contributed by atoms with Crippen molar-refractivity contribution in [3.63, 3.8) is 0 Å². The van der Waals surface area contributed by atoms with Crippen LogP contribution >= 0.6 is 27.7 Å². The molecule has 0 spiro atoms. The largest absolute Gasteiger partial charge is 0.339 e. The number of halogens is 1. The maximum Gasteiger partial charge on any atom is 0.285 e. The molecule has 1 N–H and O–H groups in total. The molecule has 0 unspecified atom stereocenters. The molecule has 0 bridgehead atoms. The molecule has 0 radical (unpaired) electrons. The van der Waals surface area contributed by atoms with E-state index in [0.29, 0.717) is 10.6 Å². The SMILES string of the molecule is Cc1cc(S(=O)(=O)Nc2cccc(SC(=O)N(C)C)c2)ccc1Br. The lowest BCUT2D eigenvalue weighted by Crippen LogP contribution is -2.16. The molecule has 24 heavy (non-hydrogen) atoms.